The van der Waals surface area contributed by atoms with Crippen molar-refractivity contribution in [2.75, 3.05) is 0 Å². The van der Waals surface area contributed by atoms with E-state index in [0.29, 0.717) is 4.32 Å². The van der Waals surface area contributed by atoms with E-state index in [1.54, 1.807) is 0 Å². The molecule has 50 valence electrons. The van der Waals surface area contributed by atoms with Crippen LogP contribution in [0.1, 0.15) is 0 Å². The van der Waals surface area contributed by atoms with Crippen molar-refractivity contribution in [1.82, 2.24) is 15.0 Å². The van der Waals surface area contributed by atoms with Crippen LogP contribution in [0.3, 0.4) is 0 Å². The summed E-state index contributed by atoms with van der Waals surface area (Å²) >= 11 is 13.1. The molecule has 0 fully saturated rings. The van der Waals surface area contributed by atoms with Gasteiger partial charge in [0.25, 0.3) is 0 Å². The molecule has 0 aliphatic rings. The Kier molecular flexibility index (Phi) is 11.4. The molecule has 0 aromatic rings. The molecule has 0 bridgehead atoms. The van der Waals surface area contributed by atoms with Gasteiger partial charge in [0.05, 0.1) is 0 Å². The topological polar surface area (TPSA) is 59.1 Å². The molecule has 0 aromatic heterocycles. The molecule has 0 atom stereocenters. The van der Waals surface area contributed by atoms with Gasteiger partial charge in [-0.25, -0.2) is 0 Å². The van der Waals surface area contributed by atoms with E-state index in [4.69, 9.17) is 0 Å². The Morgan fingerprint density at radius 1 is 1.62 bits per heavy atom. The molecule has 0 aromatic carbocycles. The fraction of sp³-hybridized carbons (Fsp3) is 0. The smallest absolute Gasteiger partial charge is 0.141 e. The predicted octanol–water partition coefficient (Wildman–Crippen LogP) is 0.950. The third kappa shape index (κ3) is 9.97. The Morgan fingerprint density at radius 2 is 2.12 bits per heavy atom. The van der Waals surface area contributed by atoms with Gasteiger partial charge < -0.3 is 10.9 Å². The molecule has 0 unspecified atom stereocenters. The highest BCUT2D eigenvalue weighted by atomic mass is 32.2. The van der Waals surface area contributed by atoms with E-state index in [1.807, 2.05) is 0 Å². The van der Waals surface area contributed by atoms with Crippen LogP contribution in [0.5, 0.6) is 0 Å². The number of thiocarbonyl (C=S) groups is 1. The number of nitrogens with one attached hydrogen (secondary N) is 2. The van der Waals surface area contributed by atoms with Crippen molar-refractivity contribution in [3.05, 3.63) is 0 Å². The van der Waals surface area contributed by atoms with Gasteiger partial charge in [-0.15, -0.1) is 12.6 Å². The number of hydrogen-bond donors (Lipinski definition) is 5. The van der Waals surface area contributed by atoms with Crippen molar-refractivity contribution >= 4 is 54.1 Å². The first-order valence-electron chi connectivity index (χ1n) is 1.31. The van der Waals surface area contributed by atoms with Gasteiger partial charge in [-0.1, -0.05) is 25.0 Å². The average molecular weight is 189 g/mol. The van der Waals surface area contributed by atoms with Crippen molar-refractivity contribution in [1.29, 1.82) is 0 Å². The molecular weight excluding hydrogens is 182 g/mol. The Balaban J connectivity index is 0. The number of rotatable bonds is 2. The monoisotopic (exact) mass is 189 g/mol. The Bertz CT molecular complexity index is 64.3. The summed E-state index contributed by atoms with van der Waals surface area (Å²) in [5.41, 5.74) is 0. The lowest BCUT2D eigenvalue weighted by Crippen LogP contribution is -2.08. The van der Waals surface area contributed by atoms with Crippen LogP contribution in [0.2, 0.25) is 0 Å². The molecule has 0 aliphatic carbocycles. The van der Waals surface area contributed by atoms with Crippen LogP contribution in [0, 0.1) is 0 Å². The second kappa shape index (κ2) is 7.86. The third-order valence-electron chi connectivity index (χ3n) is 0.184. The van der Waals surface area contributed by atoms with Crippen LogP contribution in [-0.4, -0.2) is 4.32 Å². The standard InChI is InChI=1S/CH4N2S4.H3N/c4-1(5)2-7-3-6;/h3,6H,(H2,2,4,5);1H3. The van der Waals surface area contributed by atoms with E-state index in [0.717, 1.165) is 12.1 Å². The zero-order valence-corrected chi connectivity index (χ0v) is 7.34. The van der Waals surface area contributed by atoms with E-state index in [2.05, 4.69) is 46.5 Å². The Labute approximate surface area is 69.2 Å². The molecule has 0 amide bonds. The predicted molar refractivity (Wildman–Crippen MR) is 49.5 cm³/mol. The molecule has 0 rings (SSSR count). The highest BCUT2D eigenvalue weighted by Gasteiger charge is 1.80. The van der Waals surface area contributed by atoms with E-state index >= 15 is 0 Å². The van der Waals surface area contributed by atoms with Crippen molar-refractivity contribution < 1.29 is 0 Å². The van der Waals surface area contributed by atoms with Crippen LogP contribution in [0.4, 0.5) is 0 Å². The maximum absolute atomic E-state index is 4.52. The van der Waals surface area contributed by atoms with Gasteiger partial charge in [-0.3, -0.25) is 0 Å². The first-order chi connectivity index (χ1) is 3.27. The van der Waals surface area contributed by atoms with E-state index in [1.165, 1.54) is 0 Å². The van der Waals surface area contributed by atoms with Gasteiger partial charge in [0, 0.05) is 12.1 Å². The summed E-state index contributed by atoms with van der Waals surface area (Å²) in [6.45, 7) is 0. The minimum Gasteiger partial charge on any atom is -0.344 e. The van der Waals surface area contributed by atoms with E-state index in [-0.39, 0.29) is 6.15 Å². The first kappa shape index (κ1) is 11.6. The van der Waals surface area contributed by atoms with E-state index in [9.17, 15) is 0 Å². The highest BCUT2D eigenvalue weighted by molar-refractivity contribution is 8.14. The fourth-order valence-corrected chi connectivity index (χ4v) is 0.598. The lowest BCUT2D eigenvalue weighted by atomic mass is 11.5. The maximum Gasteiger partial charge on any atom is 0.141 e. The Morgan fingerprint density at radius 3 is 2.25 bits per heavy atom. The van der Waals surface area contributed by atoms with Gasteiger partial charge in [0.15, 0.2) is 0 Å². The molecule has 0 aliphatic heterocycles. The minimum atomic E-state index is 0. The van der Waals surface area contributed by atoms with Crippen molar-refractivity contribution in [2.24, 2.45) is 0 Å². The second-order valence-electron chi connectivity index (χ2n) is 0.601. The zero-order valence-electron chi connectivity index (χ0n) is 3.92. The van der Waals surface area contributed by atoms with Crippen LogP contribution in [0.25, 0.3) is 0 Å². The molecule has 5 N–H and O–H groups in total. The van der Waals surface area contributed by atoms with Gasteiger partial charge in [-0.05, 0) is 0 Å². The maximum atomic E-state index is 4.52. The van der Waals surface area contributed by atoms with Crippen LogP contribution in [-0.2, 0) is 0 Å². The van der Waals surface area contributed by atoms with Crippen molar-refractivity contribution in [3.8, 4) is 0 Å². The van der Waals surface area contributed by atoms with Crippen LogP contribution < -0.4 is 15.0 Å². The van der Waals surface area contributed by atoms with Crippen LogP contribution in [0.15, 0.2) is 0 Å². The van der Waals surface area contributed by atoms with Gasteiger partial charge in [0.2, 0.25) is 0 Å². The first-order valence-corrected chi connectivity index (χ1v) is 3.43. The summed E-state index contributed by atoms with van der Waals surface area (Å²) in [6.07, 6.45) is 0. The fourth-order valence-electron chi connectivity index (χ4n) is 0.0665. The summed E-state index contributed by atoms with van der Waals surface area (Å²) in [7, 11) is 0. The molecule has 0 radical (unpaired) electrons. The SMILES string of the molecule is N.S=C(S)NSNS. The summed E-state index contributed by atoms with van der Waals surface area (Å²) in [6, 6.07) is 0. The average Bonchev–Trinajstić information content (AvgIpc) is 1.61. The summed E-state index contributed by atoms with van der Waals surface area (Å²) < 4.78 is 5.52. The highest BCUT2D eigenvalue weighted by Crippen LogP contribution is 1.88. The molecule has 7 heteroatoms. The van der Waals surface area contributed by atoms with E-state index < -0.39 is 0 Å². The number of thiol groups is 2. The zero-order chi connectivity index (χ0) is 5.70. The molecule has 0 heterocycles. The third-order valence-corrected chi connectivity index (χ3v) is 1.35. The summed E-state index contributed by atoms with van der Waals surface area (Å²) in [5.74, 6) is 0. The van der Waals surface area contributed by atoms with Gasteiger partial charge in [-0.2, -0.15) is 4.13 Å². The lowest BCUT2D eigenvalue weighted by molar-refractivity contribution is 1.58. The molecular formula is CH7N3S4. The van der Waals surface area contributed by atoms with Crippen molar-refractivity contribution in [3.63, 3.8) is 0 Å². The summed E-state index contributed by atoms with van der Waals surface area (Å²) in [5, 5.41) is 0. The minimum absolute atomic E-state index is 0. The van der Waals surface area contributed by atoms with Gasteiger partial charge in [0.1, 0.15) is 4.32 Å². The van der Waals surface area contributed by atoms with Crippen molar-refractivity contribution in [2.45, 2.75) is 0 Å². The molecule has 0 saturated carbocycles. The molecule has 8 heavy (non-hydrogen) atoms. The lowest BCUT2D eigenvalue weighted by Gasteiger charge is -1.94. The largest absolute Gasteiger partial charge is 0.344 e. The second-order valence-corrected chi connectivity index (χ2v) is 2.90. The molecule has 3 nitrogen and oxygen atoms in total. The molecule has 0 spiro atoms. The number of hydrogen-bond acceptors (Lipinski definition) is 5. The summed E-state index contributed by atoms with van der Waals surface area (Å²) in [4.78, 5) is 0. The van der Waals surface area contributed by atoms with Crippen LogP contribution >= 0.6 is 49.8 Å². The quantitative estimate of drug-likeness (QED) is 0.254. The van der Waals surface area contributed by atoms with Gasteiger partial charge >= 0.3 is 0 Å². The Hall–Kier alpha value is 0.860. The normalized spacial score (nSPS) is 7.25. The molecule has 0 saturated heterocycles.